The van der Waals surface area contributed by atoms with Gasteiger partial charge in [0.15, 0.2) is 0 Å². The van der Waals surface area contributed by atoms with Gasteiger partial charge in [-0.2, -0.15) is 0 Å². The van der Waals surface area contributed by atoms with E-state index in [9.17, 15) is 14.0 Å². The van der Waals surface area contributed by atoms with E-state index in [-0.39, 0.29) is 11.7 Å². The molecule has 2 N–H and O–H groups in total. The van der Waals surface area contributed by atoms with E-state index >= 15 is 0 Å². The molecule has 1 aliphatic rings. The standard InChI is InChI=1S/C15H18FN3O3/c1-2-22-15(21)19-9-7-11(8-10-19)17-18-14(20)12-5-3-4-6-13(12)16/h3-7,17H,2,8-10H2,1H3,(H,18,20). The third-order valence-electron chi connectivity index (χ3n) is 3.19. The molecule has 0 saturated carbocycles. The number of carbonyl (C=O) groups excluding carboxylic acids is 2. The molecule has 0 spiro atoms. The zero-order valence-corrected chi connectivity index (χ0v) is 12.3. The molecule has 1 aromatic rings. The van der Waals surface area contributed by atoms with Gasteiger partial charge < -0.3 is 15.1 Å². The molecule has 0 saturated heterocycles. The minimum Gasteiger partial charge on any atom is -0.450 e. The van der Waals surface area contributed by atoms with Crippen molar-refractivity contribution >= 4 is 12.0 Å². The number of nitrogens with zero attached hydrogens (tertiary/aromatic N) is 1. The molecule has 1 aromatic carbocycles. The molecule has 22 heavy (non-hydrogen) atoms. The number of halogens is 1. The van der Waals surface area contributed by atoms with Crippen LogP contribution in [0.1, 0.15) is 23.7 Å². The van der Waals surface area contributed by atoms with Crippen LogP contribution in [0.25, 0.3) is 0 Å². The van der Waals surface area contributed by atoms with Gasteiger partial charge in [-0.25, -0.2) is 9.18 Å². The summed E-state index contributed by atoms with van der Waals surface area (Å²) >= 11 is 0. The Balaban J connectivity index is 1.84. The molecule has 0 aliphatic carbocycles. The van der Waals surface area contributed by atoms with Crippen molar-refractivity contribution in [3.8, 4) is 0 Å². The number of carbonyl (C=O) groups is 2. The summed E-state index contributed by atoms with van der Waals surface area (Å²) in [5, 5.41) is 0. The average Bonchev–Trinajstić information content (AvgIpc) is 2.54. The van der Waals surface area contributed by atoms with Crippen LogP contribution >= 0.6 is 0 Å². The molecule has 0 radical (unpaired) electrons. The average molecular weight is 307 g/mol. The van der Waals surface area contributed by atoms with Crippen molar-refractivity contribution < 1.29 is 18.7 Å². The number of rotatable bonds is 4. The summed E-state index contributed by atoms with van der Waals surface area (Å²) < 4.78 is 18.4. The number of hydrogen-bond acceptors (Lipinski definition) is 4. The first-order valence-electron chi connectivity index (χ1n) is 7.03. The second-order valence-electron chi connectivity index (χ2n) is 4.68. The van der Waals surface area contributed by atoms with Crippen LogP contribution in [0.3, 0.4) is 0 Å². The summed E-state index contributed by atoms with van der Waals surface area (Å²) in [6, 6.07) is 5.75. The summed E-state index contributed by atoms with van der Waals surface area (Å²) in [5.41, 5.74) is 5.94. The molecule has 1 heterocycles. The largest absolute Gasteiger partial charge is 0.450 e. The topological polar surface area (TPSA) is 70.7 Å². The molecular formula is C15H18FN3O3. The SMILES string of the molecule is CCOC(=O)N1CC=C(NNC(=O)c2ccccc2F)CC1. The van der Waals surface area contributed by atoms with Crippen molar-refractivity contribution in [3.05, 3.63) is 47.4 Å². The fraction of sp³-hybridized carbons (Fsp3) is 0.333. The minimum atomic E-state index is -0.576. The van der Waals surface area contributed by atoms with E-state index in [1.54, 1.807) is 24.0 Å². The first-order chi connectivity index (χ1) is 10.6. The summed E-state index contributed by atoms with van der Waals surface area (Å²) in [6.07, 6.45) is 1.98. The Labute approximate surface area is 127 Å². The molecule has 0 unspecified atom stereocenters. The minimum absolute atomic E-state index is 0.0282. The lowest BCUT2D eigenvalue weighted by atomic mass is 10.2. The van der Waals surface area contributed by atoms with Crippen molar-refractivity contribution in [1.29, 1.82) is 0 Å². The van der Waals surface area contributed by atoms with Crippen LogP contribution in [-0.2, 0) is 4.74 Å². The summed E-state index contributed by atoms with van der Waals surface area (Å²) in [7, 11) is 0. The van der Waals surface area contributed by atoms with Crippen LogP contribution < -0.4 is 10.9 Å². The molecule has 7 heteroatoms. The second kappa shape index (κ2) is 7.44. The lowest BCUT2D eigenvalue weighted by Gasteiger charge is -2.26. The quantitative estimate of drug-likeness (QED) is 0.832. The number of ether oxygens (including phenoxy) is 1. The van der Waals surface area contributed by atoms with Gasteiger partial charge in [-0.3, -0.25) is 10.2 Å². The predicted molar refractivity (Wildman–Crippen MR) is 78.3 cm³/mol. The van der Waals surface area contributed by atoms with Crippen molar-refractivity contribution in [1.82, 2.24) is 15.8 Å². The van der Waals surface area contributed by atoms with Crippen LogP contribution in [0.15, 0.2) is 36.0 Å². The number of nitrogens with one attached hydrogen (secondary N) is 2. The van der Waals surface area contributed by atoms with Crippen molar-refractivity contribution in [3.63, 3.8) is 0 Å². The summed E-state index contributed by atoms with van der Waals surface area (Å²) in [5.74, 6) is -1.13. The van der Waals surface area contributed by atoms with E-state index in [1.807, 2.05) is 0 Å². The maximum Gasteiger partial charge on any atom is 0.410 e. The smallest absolute Gasteiger partial charge is 0.410 e. The van der Waals surface area contributed by atoms with Crippen molar-refractivity contribution in [2.75, 3.05) is 19.7 Å². The van der Waals surface area contributed by atoms with Gasteiger partial charge in [-0.15, -0.1) is 0 Å². The Morgan fingerprint density at radius 3 is 2.77 bits per heavy atom. The van der Waals surface area contributed by atoms with E-state index in [4.69, 9.17) is 4.74 Å². The van der Waals surface area contributed by atoms with E-state index in [0.717, 1.165) is 5.70 Å². The Morgan fingerprint density at radius 2 is 2.14 bits per heavy atom. The second-order valence-corrected chi connectivity index (χ2v) is 4.68. The first-order valence-corrected chi connectivity index (χ1v) is 7.03. The van der Waals surface area contributed by atoms with Crippen LogP contribution in [0.5, 0.6) is 0 Å². The predicted octanol–water partition coefficient (Wildman–Crippen LogP) is 1.81. The van der Waals surface area contributed by atoms with Gasteiger partial charge in [-0.05, 0) is 25.1 Å². The summed E-state index contributed by atoms with van der Waals surface area (Å²) in [4.78, 5) is 24.9. The lowest BCUT2D eigenvalue weighted by Crippen LogP contribution is -2.42. The molecule has 118 valence electrons. The van der Waals surface area contributed by atoms with E-state index in [1.165, 1.54) is 18.2 Å². The molecule has 0 bridgehead atoms. The van der Waals surface area contributed by atoms with Gasteiger partial charge in [0, 0.05) is 25.2 Å². The monoisotopic (exact) mass is 307 g/mol. The molecule has 0 atom stereocenters. The fourth-order valence-corrected chi connectivity index (χ4v) is 2.01. The normalized spacial score (nSPS) is 14.1. The Kier molecular flexibility index (Phi) is 5.35. The number of amides is 2. The fourth-order valence-electron chi connectivity index (χ4n) is 2.01. The van der Waals surface area contributed by atoms with Gasteiger partial charge in [0.05, 0.1) is 12.2 Å². The molecule has 0 fully saturated rings. The zero-order chi connectivity index (χ0) is 15.9. The highest BCUT2D eigenvalue weighted by atomic mass is 19.1. The van der Waals surface area contributed by atoms with Crippen molar-refractivity contribution in [2.45, 2.75) is 13.3 Å². The highest BCUT2D eigenvalue weighted by molar-refractivity contribution is 5.94. The number of hydrazine groups is 1. The first kappa shape index (κ1) is 15.8. The van der Waals surface area contributed by atoms with Gasteiger partial charge >= 0.3 is 6.09 Å². The van der Waals surface area contributed by atoms with Crippen LogP contribution in [0.2, 0.25) is 0 Å². The number of benzene rings is 1. The highest BCUT2D eigenvalue weighted by Crippen LogP contribution is 2.09. The molecule has 0 aromatic heterocycles. The van der Waals surface area contributed by atoms with Crippen LogP contribution in [0.4, 0.5) is 9.18 Å². The zero-order valence-electron chi connectivity index (χ0n) is 12.3. The van der Waals surface area contributed by atoms with Gasteiger partial charge in [0.1, 0.15) is 5.82 Å². The van der Waals surface area contributed by atoms with Crippen LogP contribution in [-0.4, -0.2) is 36.6 Å². The Bertz CT molecular complexity index is 589. The molecular weight excluding hydrogens is 289 g/mol. The maximum absolute atomic E-state index is 13.5. The van der Waals surface area contributed by atoms with E-state index in [2.05, 4.69) is 10.9 Å². The summed E-state index contributed by atoms with van der Waals surface area (Å²) in [6.45, 7) is 2.98. The van der Waals surface area contributed by atoms with Gasteiger partial charge in [0.2, 0.25) is 0 Å². The molecule has 2 amide bonds. The van der Waals surface area contributed by atoms with Crippen molar-refractivity contribution in [2.24, 2.45) is 0 Å². The Hall–Kier alpha value is -2.57. The Morgan fingerprint density at radius 1 is 1.36 bits per heavy atom. The van der Waals surface area contributed by atoms with Crippen LogP contribution in [0, 0.1) is 5.82 Å². The molecule has 6 nitrogen and oxygen atoms in total. The highest BCUT2D eigenvalue weighted by Gasteiger charge is 2.18. The maximum atomic E-state index is 13.5. The third kappa shape index (κ3) is 3.97. The molecule has 1 aliphatic heterocycles. The molecule has 2 rings (SSSR count). The third-order valence-corrected chi connectivity index (χ3v) is 3.19. The van der Waals surface area contributed by atoms with Gasteiger partial charge in [-0.1, -0.05) is 12.1 Å². The lowest BCUT2D eigenvalue weighted by molar-refractivity contribution is 0.0928. The number of hydrogen-bond donors (Lipinski definition) is 2. The van der Waals surface area contributed by atoms with E-state index < -0.39 is 11.7 Å². The van der Waals surface area contributed by atoms with E-state index in [0.29, 0.717) is 26.1 Å². The van der Waals surface area contributed by atoms with Gasteiger partial charge in [0.25, 0.3) is 5.91 Å².